The molecule has 2 aromatic heterocycles. The average molecular weight is 372 g/mol. The fraction of sp³-hybridized carbons (Fsp3) is 0.500. The van der Waals surface area contributed by atoms with Gasteiger partial charge in [-0.25, -0.2) is 4.98 Å². The third kappa shape index (κ3) is 4.76. The number of amides is 1. The zero-order valence-corrected chi connectivity index (χ0v) is 15.5. The second-order valence-electron chi connectivity index (χ2n) is 5.83. The summed E-state index contributed by atoms with van der Waals surface area (Å²) >= 11 is 3.43. The molecule has 1 fully saturated rings. The van der Waals surface area contributed by atoms with Crippen molar-refractivity contribution in [1.82, 2.24) is 10.3 Å². The van der Waals surface area contributed by atoms with Crippen LogP contribution in [0, 0.1) is 12.8 Å². The lowest BCUT2D eigenvalue weighted by Gasteiger charge is -2.10. The summed E-state index contributed by atoms with van der Waals surface area (Å²) in [6, 6.07) is 4.45. The molecule has 2 unspecified atom stereocenters. The summed E-state index contributed by atoms with van der Waals surface area (Å²) in [5, 5.41) is 6.23. The van der Waals surface area contributed by atoms with Crippen LogP contribution in [0.5, 0.6) is 0 Å². The highest BCUT2D eigenvalue weighted by Gasteiger charge is 2.27. The van der Waals surface area contributed by atoms with Crippen molar-refractivity contribution in [2.45, 2.75) is 38.6 Å². The summed E-state index contributed by atoms with van der Waals surface area (Å²) in [5.41, 5.74) is 6.92. The van der Waals surface area contributed by atoms with Gasteiger partial charge < -0.3 is 11.1 Å². The standard InChI is InChI=1S/C16H21N3OS2.ClH/c1-10-19-14(9-21-10)15-5-4-13(22-15)6-7-18-16(20)11-2-3-12(17)8-11;/h4-5,9,11-12H,2-3,6-8,17H2,1H3,(H,18,20);1H. The van der Waals surface area contributed by atoms with Crippen LogP contribution in [0.1, 0.15) is 29.1 Å². The quantitative estimate of drug-likeness (QED) is 0.846. The second-order valence-corrected chi connectivity index (χ2v) is 8.06. The monoisotopic (exact) mass is 371 g/mol. The summed E-state index contributed by atoms with van der Waals surface area (Å²) in [7, 11) is 0. The van der Waals surface area contributed by atoms with Gasteiger partial charge in [-0.1, -0.05) is 0 Å². The summed E-state index contributed by atoms with van der Waals surface area (Å²) < 4.78 is 0. The molecule has 1 aliphatic carbocycles. The van der Waals surface area contributed by atoms with E-state index in [4.69, 9.17) is 5.73 Å². The molecule has 0 spiro atoms. The Bertz CT molecular complexity index is 655. The van der Waals surface area contributed by atoms with E-state index >= 15 is 0 Å². The molecule has 0 aliphatic heterocycles. The minimum absolute atomic E-state index is 0. The van der Waals surface area contributed by atoms with Gasteiger partial charge >= 0.3 is 0 Å². The van der Waals surface area contributed by atoms with Crippen molar-refractivity contribution in [3.05, 3.63) is 27.4 Å². The SMILES string of the molecule is Cc1nc(-c2ccc(CCNC(=O)C3CCC(N)C3)s2)cs1.Cl. The molecule has 3 rings (SSSR count). The molecule has 23 heavy (non-hydrogen) atoms. The lowest BCUT2D eigenvalue weighted by atomic mass is 10.1. The van der Waals surface area contributed by atoms with Gasteiger partial charge in [0.2, 0.25) is 5.91 Å². The minimum atomic E-state index is 0. The van der Waals surface area contributed by atoms with Gasteiger partial charge in [-0.2, -0.15) is 0 Å². The van der Waals surface area contributed by atoms with Gasteiger partial charge in [0.1, 0.15) is 0 Å². The van der Waals surface area contributed by atoms with Crippen molar-refractivity contribution >= 4 is 41.0 Å². The van der Waals surface area contributed by atoms with Crippen molar-refractivity contribution in [2.75, 3.05) is 6.54 Å². The first kappa shape index (κ1) is 18.4. The molecule has 4 nitrogen and oxygen atoms in total. The molecule has 1 amide bonds. The highest BCUT2D eigenvalue weighted by molar-refractivity contribution is 7.16. The molecule has 7 heteroatoms. The van der Waals surface area contributed by atoms with E-state index in [1.165, 1.54) is 9.75 Å². The fourth-order valence-electron chi connectivity index (χ4n) is 2.83. The maximum atomic E-state index is 12.0. The van der Waals surface area contributed by atoms with E-state index < -0.39 is 0 Å². The van der Waals surface area contributed by atoms with Crippen molar-refractivity contribution in [3.8, 4) is 10.6 Å². The van der Waals surface area contributed by atoms with Crippen LogP contribution in [-0.4, -0.2) is 23.5 Å². The first-order chi connectivity index (χ1) is 10.6. The molecule has 0 aromatic carbocycles. The van der Waals surface area contributed by atoms with Gasteiger partial charge in [-0.05, 0) is 44.7 Å². The smallest absolute Gasteiger partial charge is 0.223 e. The van der Waals surface area contributed by atoms with E-state index in [-0.39, 0.29) is 30.3 Å². The first-order valence-electron chi connectivity index (χ1n) is 7.66. The number of rotatable bonds is 5. The molecule has 0 bridgehead atoms. The van der Waals surface area contributed by atoms with Crippen molar-refractivity contribution < 1.29 is 4.79 Å². The summed E-state index contributed by atoms with van der Waals surface area (Å²) in [6.45, 7) is 2.72. The van der Waals surface area contributed by atoms with Crippen molar-refractivity contribution in [1.29, 1.82) is 0 Å². The number of thiophene rings is 1. The molecule has 126 valence electrons. The first-order valence-corrected chi connectivity index (χ1v) is 9.36. The number of aromatic nitrogens is 1. The number of nitrogens with two attached hydrogens (primary N) is 1. The van der Waals surface area contributed by atoms with Gasteiger partial charge in [0, 0.05) is 28.8 Å². The molecule has 0 saturated heterocycles. The largest absolute Gasteiger partial charge is 0.356 e. The molecular weight excluding hydrogens is 350 g/mol. The lowest BCUT2D eigenvalue weighted by molar-refractivity contribution is -0.124. The van der Waals surface area contributed by atoms with Crippen LogP contribution in [-0.2, 0) is 11.2 Å². The zero-order valence-electron chi connectivity index (χ0n) is 13.1. The Hall–Kier alpha value is -0.950. The van der Waals surface area contributed by atoms with Crippen LogP contribution in [0.3, 0.4) is 0 Å². The van der Waals surface area contributed by atoms with Crippen LogP contribution in [0.25, 0.3) is 10.6 Å². The molecule has 2 atom stereocenters. The highest BCUT2D eigenvalue weighted by Crippen LogP contribution is 2.29. The Balaban J connectivity index is 0.00000192. The van der Waals surface area contributed by atoms with Gasteiger partial charge in [-0.3, -0.25) is 4.79 Å². The van der Waals surface area contributed by atoms with Gasteiger partial charge in [0.15, 0.2) is 0 Å². The Morgan fingerprint density at radius 1 is 1.43 bits per heavy atom. The number of hydrogen-bond acceptors (Lipinski definition) is 5. The zero-order chi connectivity index (χ0) is 15.5. The maximum absolute atomic E-state index is 12.0. The van der Waals surface area contributed by atoms with Gasteiger partial charge in [0.25, 0.3) is 0 Å². The maximum Gasteiger partial charge on any atom is 0.223 e. The van der Waals surface area contributed by atoms with E-state index in [0.29, 0.717) is 6.54 Å². The van der Waals surface area contributed by atoms with Crippen LogP contribution in [0.4, 0.5) is 0 Å². The molecule has 1 saturated carbocycles. The Morgan fingerprint density at radius 3 is 2.91 bits per heavy atom. The van der Waals surface area contributed by atoms with Crippen LogP contribution in [0.2, 0.25) is 0 Å². The van der Waals surface area contributed by atoms with Crippen LogP contribution in [0.15, 0.2) is 17.5 Å². The minimum Gasteiger partial charge on any atom is -0.356 e. The van der Waals surface area contributed by atoms with Crippen molar-refractivity contribution in [3.63, 3.8) is 0 Å². The number of thiazole rings is 1. The van der Waals surface area contributed by atoms with E-state index in [1.54, 1.807) is 22.7 Å². The van der Waals surface area contributed by atoms with Crippen LogP contribution < -0.4 is 11.1 Å². The Labute approximate surface area is 150 Å². The number of carbonyl (C=O) groups is 1. The lowest BCUT2D eigenvalue weighted by Crippen LogP contribution is -2.31. The number of nitrogens with zero attached hydrogens (tertiary/aromatic N) is 1. The van der Waals surface area contributed by atoms with E-state index in [2.05, 4.69) is 27.8 Å². The van der Waals surface area contributed by atoms with Crippen molar-refractivity contribution in [2.24, 2.45) is 11.7 Å². The van der Waals surface area contributed by atoms with E-state index in [9.17, 15) is 4.79 Å². The molecule has 2 heterocycles. The predicted molar refractivity (Wildman–Crippen MR) is 99.4 cm³/mol. The highest BCUT2D eigenvalue weighted by atomic mass is 35.5. The summed E-state index contributed by atoms with van der Waals surface area (Å²) in [5.74, 6) is 0.284. The fourth-order valence-corrected chi connectivity index (χ4v) is 4.49. The number of carbonyl (C=O) groups excluding carboxylic acids is 1. The summed E-state index contributed by atoms with van der Waals surface area (Å²) in [4.78, 5) is 19.0. The Morgan fingerprint density at radius 2 is 2.26 bits per heavy atom. The number of aryl methyl sites for hydroxylation is 1. The number of halogens is 1. The van der Waals surface area contributed by atoms with Gasteiger partial charge in [0.05, 0.1) is 15.6 Å². The molecule has 1 aliphatic rings. The third-order valence-corrected chi connectivity index (χ3v) is 5.99. The van der Waals surface area contributed by atoms with E-state index in [0.717, 1.165) is 36.4 Å². The molecule has 3 N–H and O–H groups in total. The normalized spacial score (nSPS) is 20.3. The number of nitrogens with one attached hydrogen (secondary N) is 1. The third-order valence-electron chi connectivity index (χ3n) is 4.05. The van der Waals surface area contributed by atoms with Crippen LogP contribution >= 0.6 is 35.1 Å². The van der Waals surface area contributed by atoms with E-state index in [1.807, 2.05) is 6.92 Å². The topological polar surface area (TPSA) is 68.0 Å². The summed E-state index contributed by atoms with van der Waals surface area (Å²) in [6.07, 6.45) is 3.61. The Kier molecular flexibility index (Phi) is 6.59. The molecular formula is C16H22ClN3OS2. The average Bonchev–Trinajstić information content (AvgIpc) is 3.19. The predicted octanol–water partition coefficient (Wildman–Crippen LogP) is 3.39. The molecule has 0 radical (unpaired) electrons. The second kappa shape index (κ2) is 8.24. The van der Waals surface area contributed by atoms with Gasteiger partial charge in [-0.15, -0.1) is 35.1 Å². The number of hydrogen-bond donors (Lipinski definition) is 2. The molecule has 2 aromatic rings.